The Morgan fingerprint density at radius 1 is 1.08 bits per heavy atom. The van der Waals surface area contributed by atoms with Gasteiger partial charge in [-0.05, 0) is 53.3 Å². The number of aromatic nitrogens is 3. The van der Waals surface area contributed by atoms with Gasteiger partial charge in [-0.25, -0.2) is 9.97 Å². The predicted octanol–water partition coefficient (Wildman–Crippen LogP) is 4.21. The first-order chi connectivity index (χ1) is 17.2. The number of fused-ring (bicyclic) bond motifs is 1. The van der Waals surface area contributed by atoms with Crippen molar-refractivity contribution in [2.24, 2.45) is 0 Å². The van der Waals surface area contributed by atoms with Crippen molar-refractivity contribution in [1.82, 2.24) is 19.9 Å². The maximum absolute atomic E-state index is 12.4. The number of ether oxygens (including phenoxy) is 1. The van der Waals surface area contributed by atoms with E-state index in [0.717, 1.165) is 60.1 Å². The Hall–Kier alpha value is -3.26. The Morgan fingerprint density at radius 3 is 2.58 bits per heavy atom. The van der Waals surface area contributed by atoms with E-state index in [1.807, 2.05) is 40.0 Å². The second-order valence-corrected chi connectivity index (χ2v) is 10.5. The number of pyridine rings is 1. The van der Waals surface area contributed by atoms with Crippen LogP contribution in [0, 0.1) is 6.92 Å². The summed E-state index contributed by atoms with van der Waals surface area (Å²) >= 11 is 0. The number of nitrogens with zero attached hydrogens (tertiary/aromatic N) is 6. The number of para-hydroxylation sites is 1. The number of rotatable bonds is 8. The van der Waals surface area contributed by atoms with Crippen molar-refractivity contribution in [2.75, 3.05) is 49.6 Å². The topological polar surface area (TPSA) is 74.7 Å². The lowest BCUT2D eigenvalue weighted by Crippen LogP contribution is -2.45. The zero-order valence-corrected chi connectivity index (χ0v) is 22.2. The molecule has 0 saturated carbocycles. The number of likely N-dealkylation sites (N-methyl/N-ethyl adjacent to an activating group) is 1. The molecule has 192 valence electrons. The van der Waals surface area contributed by atoms with E-state index in [2.05, 4.69) is 57.1 Å². The summed E-state index contributed by atoms with van der Waals surface area (Å²) in [6.45, 7) is 12.9. The third kappa shape index (κ3) is 6.91. The molecule has 4 rings (SSSR count). The predicted molar refractivity (Wildman–Crippen MR) is 144 cm³/mol. The fraction of sp³-hybridized carbons (Fsp3) is 0.500. The Balaban J connectivity index is 1.57. The molecule has 0 amide bonds. The molecule has 0 aliphatic carbocycles. The number of benzene rings is 1. The van der Waals surface area contributed by atoms with E-state index in [-0.39, 0.29) is 5.97 Å². The van der Waals surface area contributed by atoms with Crippen molar-refractivity contribution in [2.45, 2.75) is 52.7 Å². The lowest BCUT2D eigenvalue weighted by molar-refractivity contribution is -0.154. The smallest absolute Gasteiger partial charge is 0.306 e. The summed E-state index contributed by atoms with van der Waals surface area (Å²) in [5.74, 6) is 1.58. The van der Waals surface area contributed by atoms with Crippen LogP contribution < -0.4 is 9.80 Å². The number of hydrogen-bond acceptors (Lipinski definition) is 8. The van der Waals surface area contributed by atoms with Gasteiger partial charge in [0.05, 0.1) is 23.4 Å². The molecular formula is C28H38N6O2. The molecule has 1 saturated heterocycles. The average molecular weight is 491 g/mol. The van der Waals surface area contributed by atoms with E-state index in [1.54, 1.807) is 0 Å². The van der Waals surface area contributed by atoms with Gasteiger partial charge >= 0.3 is 5.97 Å². The first-order valence-electron chi connectivity index (χ1n) is 12.8. The van der Waals surface area contributed by atoms with Crippen LogP contribution in [0.2, 0.25) is 0 Å². The molecule has 1 aliphatic heterocycles. The molecule has 8 heteroatoms. The third-order valence-electron chi connectivity index (χ3n) is 6.24. The van der Waals surface area contributed by atoms with Gasteiger partial charge in [0, 0.05) is 56.8 Å². The van der Waals surface area contributed by atoms with Gasteiger partial charge in [0.1, 0.15) is 17.2 Å². The standard InChI is InChI=1S/C28H38N6O2/c1-21-30-23(19-25(31-21)33-17-15-32(5)16-18-33)20-34(14-8-12-26(35)36-28(2,3)4)24-11-6-9-22-10-7-13-29-27(22)24/h6-7,9-11,13,19H,8,12,14-18,20H2,1-5H3. The molecule has 0 unspecified atom stereocenters. The zero-order chi connectivity index (χ0) is 25.7. The van der Waals surface area contributed by atoms with E-state index in [0.29, 0.717) is 25.9 Å². The second-order valence-electron chi connectivity index (χ2n) is 10.5. The number of carbonyl (C=O) groups excluding carboxylic acids is 1. The normalized spacial score (nSPS) is 14.8. The highest BCUT2D eigenvalue weighted by molar-refractivity contribution is 5.90. The Kier molecular flexibility index (Phi) is 8.04. The van der Waals surface area contributed by atoms with Crippen LogP contribution in [0.1, 0.15) is 45.1 Å². The van der Waals surface area contributed by atoms with Crippen LogP contribution in [0.4, 0.5) is 11.5 Å². The number of carbonyl (C=O) groups is 1. The molecule has 0 radical (unpaired) electrons. The van der Waals surface area contributed by atoms with Crippen LogP contribution in [0.5, 0.6) is 0 Å². The van der Waals surface area contributed by atoms with Crippen molar-refractivity contribution in [3.05, 3.63) is 54.1 Å². The van der Waals surface area contributed by atoms with Gasteiger partial charge in [0.15, 0.2) is 0 Å². The average Bonchev–Trinajstić information content (AvgIpc) is 2.82. The lowest BCUT2D eigenvalue weighted by Gasteiger charge is -2.33. The maximum Gasteiger partial charge on any atom is 0.306 e. The second kappa shape index (κ2) is 11.2. The molecule has 0 atom stereocenters. The van der Waals surface area contributed by atoms with Gasteiger partial charge in [-0.2, -0.15) is 0 Å². The third-order valence-corrected chi connectivity index (χ3v) is 6.24. The highest BCUT2D eigenvalue weighted by Gasteiger charge is 2.20. The van der Waals surface area contributed by atoms with Crippen molar-refractivity contribution in [3.63, 3.8) is 0 Å². The van der Waals surface area contributed by atoms with Crippen molar-refractivity contribution >= 4 is 28.4 Å². The summed E-state index contributed by atoms with van der Waals surface area (Å²) < 4.78 is 5.52. The summed E-state index contributed by atoms with van der Waals surface area (Å²) in [7, 11) is 2.15. The molecule has 36 heavy (non-hydrogen) atoms. The number of anilines is 2. The highest BCUT2D eigenvalue weighted by atomic mass is 16.6. The monoisotopic (exact) mass is 490 g/mol. The molecule has 1 aliphatic rings. The first kappa shape index (κ1) is 25.8. The van der Waals surface area contributed by atoms with E-state index in [9.17, 15) is 4.79 Å². The quantitative estimate of drug-likeness (QED) is 0.435. The number of esters is 1. The Labute approximate surface area is 214 Å². The molecule has 2 aromatic heterocycles. The first-order valence-corrected chi connectivity index (χ1v) is 12.8. The van der Waals surface area contributed by atoms with Gasteiger partial charge in [0.2, 0.25) is 0 Å². The van der Waals surface area contributed by atoms with Crippen LogP contribution in [0.15, 0.2) is 42.6 Å². The molecule has 1 aromatic carbocycles. The molecule has 3 aromatic rings. The fourth-order valence-electron chi connectivity index (χ4n) is 4.52. The molecule has 3 heterocycles. The van der Waals surface area contributed by atoms with E-state index in [1.165, 1.54) is 0 Å². The number of aryl methyl sites for hydroxylation is 1. The molecule has 0 N–H and O–H groups in total. The van der Waals surface area contributed by atoms with Gasteiger partial charge in [-0.3, -0.25) is 9.78 Å². The minimum atomic E-state index is -0.478. The minimum absolute atomic E-state index is 0.172. The maximum atomic E-state index is 12.4. The fourth-order valence-corrected chi connectivity index (χ4v) is 4.52. The summed E-state index contributed by atoms with van der Waals surface area (Å²) in [6.07, 6.45) is 2.86. The Bertz CT molecular complexity index is 1180. The van der Waals surface area contributed by atoms with Crippen LogP contribution in [0.25, 0.3) is 10.9 Å². The zero-order valence-electron chi connectivity index (χ0n) is 22.2. The summed E-state index contributed by atoms with van der Waals surface area (Å²) in [5.41, 5.74) is 2.47. The molecule has 8 nitrogen and oxygen atoms in total. The van der Waals surface area contributed by atoms with Crippen LogP contribution in [-0.4, -0.2) is 71.2 Å². The van der Waals surface area contributed by atoms with Crippen molar-refractivity contribution in [3.8, 4) is 0 Å². The van der Waals surface area contributed by atoms with E-state index in [4.69, 9.17) is 14.7 Å². The van der Waals surface area contributed by atoms with Gasteiger partial charge in [-0.1, -0.05) is 18.2 Å². The van der Waals surface area contributed by atoms with Crippen molar-refractivity contribution < 1.29 is 9.53 Å². The van der Waals surface area contributed by atoms with Crippen LogP contribution >= 0.6 is 0 Å². The van der Waals surface area contributed by atoms with E-state index < -0.39 is 5.60 Å². The lowest BCUT2D eigenvalue weighted by atomic mass is 10.1. The Morgan fingerprint density at radius 2 is 1.83 bits per heavy atom. The summed E-state index contributed by atoms with van der Waals surface area (Å²) in [4.78, 5) is 33.5. The van der Waals surface area contributed by atoms with Gasteiger partial charge < -0.3 is 19.4 Å². The van der Waals surface area contributed by atoms with Gasteiger partial charge in [-0.15, -0.1) is 0 Å². The number of piperazine rings is 1. The van der Waals surface area contributed by atoms with E-state index >= 15 is 0 Å². The largest absolute Gasteiger partial charge is 0.460 e. The molecular weight excluding hydrogens is 452 g/mol. The SMILES string of the molecule is Cc1nc(CN(CCCC(=O)OC(C)(C)C)c2cccc3cccnc23)cc(N2CCN(C)CC2)n1. The molecule has 1 fully saturated rings. The molecule has 0 spiro atoms. The minimum Gasteiger partial charge on any atom is -0.460 e. The van der Waals surface area contributed by atoms with Crippen LogP contribution in [0.3, 0.4) is 0 Å². The number of hydrogen-bond donors (Lipinski definition) is 0. The van der Waals surface area contributed by atoms with Gasteiger partial charge in [0.25, 0.3) is 0 Å². The van der Waals surface area contributed by atoms with Crippen molar-refractivity contribution in [1.29, 1.82) is 0 Å². The van der Waals surface area contributed by atoms with Crippen LogP contribution in [-0.2, 0) is 16.1 Å². The molecule has 0 bridgehead atoms. The summed E-state index contributed by atoms with van der Waals surface area (Å²) in [5, 5.41) is 1.09. The highest BCUT2D eigenvalue weighted by Crippen LogP contribution is 2.27. The summed E-state index contributed by atoms with van der Waals surface area (Å²) in [6, 6.07) is 12.4.